The van der Waals surface area contributed by atoms with Gasteiger partial charge in [0.25, 0.3) is 11.8 Å². The number of halogens is 1. The second kappa shape index (κ2) is 9.27. The van der Waals surface area contributed by atoms with E-state index in [1.165, 1.54) is 14.2 Å². The lowest BCUT2D eigenvalue weighted by Crippen LogP contribution is -2.36. The normalized spacial score (nSPS) is 13.8. The van der Waals surface area contributed by atoms with Crippen LogP contribution in [0.5, 0.6) is 11.5 Å². The molecule has 2 aromatic rings. The number of amides is 2. The van der Waals surface area contributed by atoms with Crippen molar-refractivity contribution in [1.82, 2.24) is 4.90 Å². The molecule has 1 heterocycles. The van der Waals surface area contributed by atoms with E-state index in [2.05, 4.69) is 27.9 Å². The third-order valence-electron chi connectivity index (χ3n) is 4.75. The van der Waals surface area contributed by atoms with Gasteiger partial charge < -0.3 is 19.7 Å². The number of hydrogen-bond donors (Lipinski definition) is 1. The summed E-state index contributed by atoms with van der Waals surface area (Å²) < 4.78 is 11.8. The van der Waals surface area contributed by atoms with Gasteiger partial charge >= 0.3 is 0 Å². The van der Waals surface area contributed by atoms with Crippen LogP contribution in [0.4, 0.5) is 5.69 Å². The average molecular weight is 494 g/mol. The van der Waals surface area contributed by atoms with Gasteiger partial charge in [0.1, 0.15) is 0 Å². The molecule has 0 radical (unpaired) electrons. The van der Waals surface area contributed by atoms with Gasteiger partial charge in [-0.3, -0.25) is 9.59 Å². The maximum absolute atomic E-state index is 13.1. The number of nitrogens with one attached hydrogen (secondary N) is 1. The summed E-state index contributed by atoms with van der Waals surface area (Å²) in [5.41, 5.74) is 1.33. The lowest BCUT2D eigenvalue weighted by molar-refractivity contribution is 0.0725. The molecule has 0 spiro atoms. The van der Waals surface area contributed by atoms with E-state index in [1.54, 1.807) is 24.3 Å². The average Bonchev–Trinajstić information content (AvgIpc) is 2.74. The molecule has 28 heavy (non-hydrogen) atoms. The summed E-state index contributed by atoms with van der Waals surface area (Å²) in [5.74, 6) is 0.514. The highest BCUT2D eigenvalue weighted by Crippen LogP contribution is 2.34. The van der Waals surface area contributed by atoms with Crippen molar-refractivity contribution in [2.45, 2.75) is 19.3 Å². The molecule has 1 N–H and O–H groups in total. The van der Waals surface area contributed by atoms with Crippen molar-refractivity contribution in [3.05, 3.63) is 51.1 Å². The number of anilines is 1. The van der Waals surface area contributed by atoms with E-state index in [0.717, 1.165) is 35.9 Å². The Hall–Kier alpha value is -2.29. The second-order valence-electron chi connectivity index (χ2n) is 6.57. The van der Waals surface area contributed by atoms with Crippen molar-refractivity contribution >= 4 is 40.1 Å². The zero-order valence-electron chi connectivity index (χ0n) is 16.0. The number of rotatable bonds is 5. The molecule has 0 aromatic heterocycles. The lowest BCUT2D eigenvalue weighted by atomic mass is 10.1. The number of ether oxygens (including phenoxy) is 2. The number of likely N-dealkylation sites (tertiary alicyclic amines) is 1. The Bertz CT molecular complexity index is 861. The highest BCUT2D eigenvalue weighted by molar-refractivity contribution is 14.1. The zero-order valence-corrected chi connectivity index (χ0v) is 18.1. The Kier molecular flexibility index (Phi) is 6.77. The largest absolute Gasteiger partial charge is 0.493 e. The Labute approximate surface area is 178 Å². The second-order valence-corrected chi connectivity index (χ2v) is 7.81. The summed E-state index contributed by atoms with van der Waals surface area (Å²) in [6.45, 7) is 1.44. The molecule has 1 aliphatic heterocycles. The highest BCUT2D eigenvalue weighted by atomic mass is 127. The van der Waals surface area contributed by atoms with Crippen molar-refractivity contribution in [2.24, 2.45) is 0 Å². The van der Waals surface area contributed by atoms with E-state index in [4.69, 9.17) is 9.47 Å². The van der Waals surface area contributed by atoms with Gasteiger partial charge in [-0.25, -0.2) is 0 Å². The number of hydrogen-bond acceptors (Lipinski definition) is 4. The van der Waals surface area contributed by atoms with E-state index in [9.17, 15) is 9.59 Å². The van der Waals surface area contributed by atoms with Crippen LogP contribution in [0, 0.1) is 3.57 Å². The summed E-state index contributed by atoms with van der Waals surface area (Å²) in [4.78, 5) is 27.7. The Morgan fingerprint density at radius 1 is 0.964 bits per heavy atom. The molecule has 0 unspecified atom stereocenters. The van der Waals surface area contributed by atoms with E-state index < -0.39 is 0 Å². The third kappa shape index (κ3) is 4.57. The topological polar surface area (TPSA) is 67.9 Å². The minimum atomic E-state index is -0.281. The SMILES string of the molecule is COc1cc(NC(=O)c2ccc(I)cc2)c(C(=O)N2CCCCC2)cc1OC. The van der Waals surface area contributed by atoms with E-state index in [0.29, 0.717) is 28.3 Å². The summed E-state index contributed by atoms with van der Waals surface area (Å²) in [6.07, 6.45) is 3.11. The van der Waals surface area contributed by atoms with Crippen LogP contribution in [0.1, 0.15) is 40.0 Å². The van der Waals surface area contributed by atoms with E-state index >= 15 is 0 Å². The summed E-state index contributed by atoms with van der Waals surface area (Å²) in [6, 6.07) is 10.5. The molecule has 1 fully saturated rings. The Morgan fingerprint density at radius 2 is 1.57 bits per heavy atom. The van der Waals surface area contributed by atoms with Crippen LogP contribution in [-0.2, 0) is 0 Å². The van der Waals surface area contributed by atoms with Gasteiger partial charge in [-0.15, -0.1) is 0 Å². The number of methoxy groups -OCH3 is 2. The maximum Gasteiger partial charge on any atom is 0.256 e. The van der Waals surface area contributed by atoms with Crippen LogP contribution in [0.25, 0.3) is 0 Å². The predicted octanol–water partition coefficient (Wildman–Crippen LogP) is 4.19. The minimum Gasteiger partial charge on any atom is -0.493 e. The van der Waals surface area contributed by atoms with E-state index in [1.807, 2.05) is 17.0 Å². The standard InChI is InChI=1S/C21H23IN2O4/c1-27-18-12-16(21(26)24-10-4-3-5-11-24)17(13-19(18)28-2)23-20(25)14-6-8-15(22)9-7-14/h6-9,12-13H,3-5,10-11H2,1-2H3,(H,23,25). The molecule has 2 aromatic carbocycles. The first kappa shape index (κ1) is 20.4. The number of benzene rings is 2. The molecule has 2 amide bonds. The Balaban J connectivity index is 1.96. The minimum absolute atomic E-state index is 0.112. The maximum atomic E-state index is 13.1. The van der Waals surface area contributed by atoms with Crippen LogP contribution < -0.4 is 14.8 Å². The van der Waals surface area contributed by atoms with Gasteiger partial charge in [0.05, 0.1) is 25.5 Å². The first-order valence-corrected chi connectivity index (χ1v) is 10.2. The summed E-state index contributed by atoms with van der Waals surface area (Å²) in [5, 5.41) is 2.87. The molecule has 0 bridgehead atoms. The Morgan fingerprint density at radius 3 is 2.18 bits per heavy atom. The van der Waals surface area contributed by atoms with Crippen LogP contribution in [0.2, 0.25) is 0 Å². The van der Waals surface area contributed by atoms with Gasteiger partial charge in [0.2, 0.25) is 0 Å². The fourth-order valence-corrected chi connectivity index (χ4v) is 3.58. The number of carbonyl (C=O) groups excluding carboxylic acids is 2. The van der Waals surface area contributed by atoms with Crippen LogP contribution in [0.3, 0.4) is 0 Å². The van der Waals surface area contributed by atoms with Crippen LogP contribution >= 0.6 is 22.6 Å². The summed E-state index contributed by atoms with van der Waals surface area (Å²) in [7, 11) is 3.05. The number of carbonyl (C=O) groups is 2. The molecule has 0 saturated carbocycles. The smallest absolute Gasteiger partial charge is 0.256 e. The lowest BCUT2D eigenvalue weighted by Gasteiger charge is -2.28. The first-order valence-electron chi connectivity index (χ1n) is 9.15. The van der Waals surface area contributed by atoms with Crippen molar-refractivity contribution in [2.75, 3.05) is 32.6 Å². The first-order chi connectivity index (χ1) is 13.5. The molecule has 148 valence electrons. The monoisotopic (exact) mass is 494 g/mol. The number of nitrogens with zero attached hydrogens (tertiary/aromatic N) is 1. The molecular weight excluding hydrogens is 471 g/mol. The molecule has 0 atom stereocenters. The van der Waals surface area contributed by atoms with Crippen molar-refractivity contribution in [3.63, 3.8) is 0 Å². The third-order valence-corrected chi connectivity index (χ3v) is 5.47. The highest BCUT2D eigenvalue weighted by Gasteiger charge is 2.24. The molecule has 0 aliphatic carbocycles. The van der Waals surface area contributed by atoms with Crippen molar-refractivity contribution in [3.8, 4) is 11.5 Å². The van der Waals surface area contributed by atoms with Gasteiger partial charge in [0.15, 0.2) is 11.5 Å². The number of piperidine rings is 1. The quantitative estimate of drug-likeness (QED) is 0.634. The van der Waals surface area contributed by atoms with Gasteiger partial charge in [-0.2, -0.15) is 0 Å². The van der Waals surface area contributed by atoms with Gasteiger partial charge in [-0.05, 0) is 72.2 Å². The van der Waals surface area contributed by atoms with Gasteiger partial charge in [-0.1, -0.05) is 0 Å². The van der Waals surface area contributed by atoms with Crippen LogP contribution in [-0.4, -0.2) is 44.0 Å². The molecular formula is C21H23IN2O4. The van der Waals surface area contributed by atoms with Crippen molar-refractivity contribution < 1.29 is 19.1 Å². The predicted molar refractivity (Wildman–Crippen MR) is 116 cm³/mol. The van der Waals surface area contributed by atoms with E-state index in [-0.39, 0.29) is 11.8 Å². The van der Waals surface area contributed by atoms with Gasteiger partial charge in [0, 0.05) is 28.3 Å². The van der Waals surface area contributed by atoms with Crippen LogP contribution in [0.15, 0.2) is 36.4 Å². The van der Waals surface area contributed by atoms with Crippen molar-refractivity contribution in [1.29, 1.82) is 0 Å². The molecule has 1 aliphatic rings. The fourth-order valence-electron chi connectivity index (χ4n) is 3.22. The summed E-state index contributed by atoms with van der Waals surface area (Å²) >= 11 is 2.19. The fraction of sp³-hybridized carbons (Fsp3) is 0.333. The molecule has 7 heteroatoms. The molecule has 3 rings (SSSR count). The molecule has 6 nitrogen and oxygen atoms in total. The zero-order chi connectivity index (χ0) is 20.1. The molecule has 1 saturated heterocycles.